The number of hydrogen-bond donors (Lipinski definition) is 1. The minimum atomic E-state index is -4.79. The molecule has 3 rings (SSSR count). The van der Waals surface area contributed by atoms with Gasteiger partial charge in [0.25, 0.3) is 0 Å². The van der Waals surface area contributed by atoms with Crippen LogP contribution in [0.25, 0.3) is 0 Å². The molecule has 182 valence electrons. The van der Waals surface area contributed by atoms with Gasteiger partial charge in [-0.2, -0.15) is 18.3 Å². The lowest BCUT2D eigenvalue weighted by Crippen LogP contribution is -2.49. The maximum absolute atomic E-state index is 13.3. The monoisotopic (exact) mass is 620 g/mol. The van der Waals surface area contributed by atoms with Crippen LogP contribution >= 0.6 is 46.1 Å². The Labute approximate surface area is 212 Å². The lowest BCUT2D eigenvalue weighted by molar-refractivity contribution is -0.142. The van der Waals surface area contributed by atoms with Crippen LogP contribution in [0, 0.1) is 0 Å². The third-order valence-corrected chi connectivity index (χ3v) is 6.42. The van der Waals surface area contributed by atoms with Gasteiger partial charge in [-0.25, -0.2) is 4.79 Å². The number of piperazine rings is 1. The van der Waals surface area contributed by atoms with Crippen molar-refractivity contribution in [2.45, 2.75) is 31.1 Å². The molecule has 0 saturated carbocycles. The van der Waals surface area contributed by atoms with Crippen molar-refractivity contribution in [1.29, 1.82) is 0 Å². The zero-order valence-electron chi connectivity index (χ0n) is 17.6. The summed E-state index contributed by atoms with van der Waals surface area (Å²) >= 11 is 13.7. The van der Waals surface area contributed by atoms with Crippen molar-refractivity contribution >= 4 is 58.0 Å². The highest BCUT2D eigenvalue weighted by Crippen LogP contribution is 2.35. The molecule has 0 spiro atoms. The van der Waals surface area contributed by atoms with Gasteiger partial charge in [0, 0.05) is 38.9 Å². The Morgan fingerprint density at radius 3 is 2.52 bits per heavy atom. The number of alkyl halides is 4. The maximum atomic E-state index is 13.3. The minimum absolute atomic E-state index is 0.0182. The first-order valence-corrected chi connectivity index (χ1v) is 11.8. The number of rotatable bonds is 5. The van der Waals surface area contributed by atoms with E-state index < -0.39 is 29.5 Å². The molecule has 3 amide bonds. The highest BCUT2D eigenvalue weighted by Gasteiger charge is 2.39. The van der Waals surface area contributed by atoms with Gasteiger partial charge in [0.1, 0.15) is 6.54 Å². The largest absolute Gasteiger partial charge is 0.436 e. The van der Waals surface area contributed by atoms with E-state index >= 15 is 0 Å². The van der Waals surface area contributed by atoms with Gasteiger partial charge in [-0.1, -0.05) is 23.8 Å². The van der Waals surface area contributed by atoms with Crippen LogP contribution < -0.4 is 5.32 Å². The Morgan fingerprint density at radius 2 is 1.97 bits per heavy atom. The molecule has 1 aromatic heterocycles. The molecule has 1 N–H and O–H groups in total. The van der Waals surface area contributed by atoms with Gasteiger partial charge in [0.2, 0.25) is 5.91 Å². The number of amides is 3. The molecule has 1 aromatic rings. The molecule has 1 aliphatic carbocycles. The topological polar surface area (TPSA) is 73.7 Å². The molecule has 1 atom stereocenters. The number of carbonyl (C=O) groups excluding carboxylic acids is 2. The molecule has 2 aliphatic rings. The van der Waals surface area contributed by atoms with E-state index in [1.165, 1.54) is 10.2 Å². The SMILES string of the molecule is CN(I)C(=O)NCc1c(Cl)c(C(F)(F)F)nn1CC(=O)N1CCN(C2=CCC(Cl)C=C2)CC1. The van der Waals surface area contributed by atoms with Gasteiger partial charge in [-0.3, -0.25) is 12.6 Å². The Kier molecular flexibility index (Phi) is 8.43. The smallest absolute Gasteiger partial charge is 0.368 e. The lowest BCUT2D eigenvalue weighted by atomic mass is 10.1. The molecule has 0 radical (unpaired) electrons. The van der Waals surface area contributed by atoms with Gasteiger partial charge < -0.3 is 15.1 Å². The molecule has 0 aromatic carbocycles. The summed E-state index contributed by atoms with van der Waals surface area (Å²) in [6.07, 6.45) is 1.87. The molecule has 0 bridgehead atoms. The van der Waals surface area contributed by atoms with Crippen molar-refractivity contribution in [2.24, 2.45) is 0 Å². The van der Waals surface area contributed by atoms with E-state index in [9.17, 15) is 22.8 Å². The van der Waals surface area contributed by atoms with E-state index in [1.54, 1.807) is 27.8 Å². The highest BCUT2D eigenvalue weighted by atomic mass is 127. The number of urea groups is 1. The summed E-state index contributed by atoms with van der Waals surface area (Å²) in [5, 5.41) is 5.34. The summed E-state index contributed by atoms with van der Waals surface area (Å²) in [4.78, 5) is 28.4. The fraction of sp³-hybridized carbons (Fsp3) is 0.526. The Morgan fingerprint density at radius 1 is 1.30 bits per heavy atom. The Hall–Kier alpha value is -1.67. The zero-order chi connectivity index (χ0) is 24.3. The predicted octanol–water partition coefficient (Wildman–Crippen LogP) is 3.64. The van der Waals surface area contributed by atoms with E-state index in [0.717, 1.165) is 16.8 Å². The van der Waals surface area contributed by atoms with Crippen LogP contribution in [-0.2, 0) is 24.1 Å². The van der Waals surface area contributed by atoms with Crippen LogP contribution in [0.3, 0.4) is 0 Å². The number of nitrogens with one attached hydrogen (secondary N) is 1. The molecule has 33 heavy (non-hydrogen) atoms. The average molecular weight is 621 g/mol. The quantitative estimate of drug-likeness (QED) is 0.310. The third kappa shape index (κ3) is 6.47. The van der Waals surface area contributed by atoms with Crippen molar-refractivity contribution in [2.75, 3.05) is 33.2 Å². The van der Waals surface area contributed by atoms with Crippen LogP contribution in [0.2, 0.25) is 5.02 Å². The van der Waals surface area contributed by atoms with Crippen molar-refractivity contribution in [1.82, 2.24) is 28.0 Å². The molecule has 2 heterocycles. The highest BCUT2D eigenvalue weighted by molar-refractivity contribution is 14.1. The van der Waals surface area contributed by atoms with E-state index in [0.29, 0.717) is 26.2 Å². The van der Waals surface area contributed by atoms with E-state index in [1.807, 2.05) is 18.2 Å². The predicted molar refractivity (Wildman–Crippen MR) is 126 cm³/mol. The maximum Gasteiger partial charge on any atom is 0.436 e. The fourth-order valence-corrected chi connectivity index (χ4v) is 4.13. The van der Waals surface area contributed by atoms with Crippen LogP contribution in [0.15, 0.2) is 23.9 Å². The number of halogens is 6. The number of hydrogen-bond acceptors (Lipinski definition) is 4. The average Bonchev–Trinajstić information content (AvgIpc) is 3.08. The standard InChI is InChI=1S/C19H22Cl2F3IN6O2/c1-28(25)18(33)26-10-14-16(21)17(19(22,23)24)27-31(14)11-15(32)30-8-6-29(7-9-30)13-4-2-12(20)3-5-13/h2,4-5,12H,3,6-11H2,1H3,(H,26,33). The summed E-state index contributed by atoms with van der Waals surface area (Å²) in [6, 6.07) is -0.526. The summed E-state index contributed by atoms with van der Waals surface area (Å²) in [5.41, 5.74) is -0.330. The van der Waals surface area contributed by atoms with Gasteiger partial charge in [-0.15, -0.1) is 11.6 Å². The zero-order valence-corrected chi connectivity index (χ0v) is 21.2. The van der Waals surface area contributed by atoms with Crippen molar-refractivity contribution in [3.63, 3.8) is 0 Å². The second kappa shape index (κ2) is 10.7. The molecule has 1 unspecified atom stereocenters. The third-order valence-electron chi connectivity index (χ3n) is 5.26. The summed E-state index contributed by atoms with van der Waals surface area (Å²) in [5.74, 6) is -0.380. The normalized spacial score (nSPS) is 18.9. The number of carbonyl (C=O) groups is 2. The van der Waals surface area contributed by atoms with Crippen LogP contribution in [0.5, 0.6) is 0 Å². The van der Waals surface area contributed by atoms with Crippen molar-refractivity contribution < 1.29 is 22.8 Å². The molecular formula is C19H22Cl2F3IN6O2. The van der Waals surface area contributed by atoms with Gasteiger partial charge in [-0.05, 0) is 12.5 Å². The molecular weight excluding hydrogens is 599 g/mol. The molecule has 1 fully saturated rings. The first-order chi connectivity index (χ1) is 15.5. The van der Waals surface area contributed by atoms with Crippen LogP contribution in [-0.4, -0.2) is 73.2 Å². The van der Waals surface area contributed by atoms with Crippen LogP contribution in [0.1, 0.15) is 17.8 Å². The van der Waals surface area contributed by atoms with Crippen LogP contribution in [0.4, 0.5) is 18.0 Å². The lowest BCUT2D eigenvalue weighted by Gasteiger charge is -2.37. The van der Waals surface area contributed by atoms with Gasteiger partial charge in [0.15, 0.2) is 5.69 Å². The molecule has 8 nitrogen and oxygen atoms in total. The molecule has 14 heteroatoms. The van der Waals surface area contributed by atoms with E-state index in [-0.39, 0.29) is 23.5 Å². The summed E-state index contributed by atoms with van der Waals surface area (Å²) in [6.45, 7) is 1.29. The van der Waals surface area contributed by atoms with E-state index in [2.05, 4.69) is 15.3 Å². The van der Waals surface area contributed by atoms with Gasteiger partial charge in [0.05, 0.1) is 45.5 Å². The van der Waals surface area contributed by atoms with Crippen molar-refractivity contribution in [3.05, 3.63) is 40.3 Å². The second-order valence-electron chi connectivity index (χ2n) is 7.51. The van der Waals surface area contributed by atoms with Crippen molar-refractivity contribution in [3.8, 4) is 0 Å². The first-order valence-electron chi connectivity index (χ1n) is 10.0. The van der Waals surface area contributed by atoms with Gasteiger partial charge >= 0.3 is 12.2 Å². The van der Waals surface area contributed by atoms with E-state index in [4.69, 9.17) is 23.2 Å². The number of aromatic nitrogens is 2. The number of allylic oxidation sites excluding steroid dienone is 3. The fourth-order valence-electron chi connectivity index (χ4n) is 3.48. The summed E-state index contributed by atoms with van der Waals surface area (Å²) < 4.78 is 42.1. The molecule has 1 aliphatic heterocycles. The first kappa shape index (κ1) is 25.9. The number of nitrogens with zero attached hydrogens (tertiary/aromatic N) is 5. The minimum Gasteiger partial charge on any atom is -0.368 e. The second-order valence-corrected chi connectivity index (χ2v) is 9.89. The summed E-state index contributed by atoms with van der Waals surface area (Å²) in [7, 11) is 1.48. The Balaban J connectivity index is 1.68. The Bertz CT molecular complexity index is 958. The molecule has 1 saturated heterocycles.